The second-order valence-corrected chi connectivity index (χ2v) is 7.22. The molecule has 0 spiro atoms. The van der Waals surface area contributed by atoms with E-state index in [1.807, 2.05) is 11.4 Å². The van der Waals surface area contributed by atoms with Crippen LogP contribution in [0.1, 0.15) is 20.8 Å². The van der Waals surface area contributed by atoms with Crippen molar-refractivity contribution in [1.82, 2.24) is 20.6 Å². The monoisotopic (exact) mass is 382 g/mol. The molecule has 0 aliphatic carbocycles. The van der Waals surface area contributed by atoms with Gasteiger partial charge in [0.25, 0.3) is 5.91 Å². The van der Waals surface area contributed by atoms with E-state index < -0.39 is 24.0 Å². The lowest BCUT2D eigenvalue weighted by Crippen LogP contribution is -2.46. The highest BCUT2D eigenvalue weighted by Gasteiger charge is 2.20. The number of fused-ring (bicyclic) bond motifs is 1. The molecule has 0 fully saturated rings. The molecular weight excluding hydrogens is 364 g/mol. The SMILES string of the molecule is CC(C)NC(=O)NC(=O)[C@@H](C)OC(=O)CSc1ncnc2sccc12. The van der Waals surface area contributed by atoms with Crippen LogP contribution in [0.15, 0.2) is 22.8 Å². The lowest BCUT2D eigenvalue weighted by Gasteiger charge is -2.14. The van der Waals surface area contributed by atoms with Gasteiger partial charge in [-0.3, -0.25) is 14.9 Å². The Hall–Kier alpha value is -2.20. The summed E-state index contributed by atoms with van der Waals surface area (Å²) in [7, 11) is 0. The number of ether oxygens (including phenoxy) is 1. The number of rotatable bonds is 6. The van der Waals surface area contributed by atoms with Gasteiger partial charge in [-0.25, -0.2) is 14.8 Å². The van der Waals surface area contributed by atoms with Crippen molar-refractivity contribution in [2.24, 2.45) is 0 Å². The Labute approximate surface area is 152 Å². The van der Waals surface area contributed by atoms with Crippen LogP contribution in [0.3, 0.4) is 0 Å². The fourth-order valence-corrected chi connectivity index (χ4v) is 3.37. The number of hydrogen-bond acceptors (Lipinski definition) is 8. The predicted molar refractivity (Wildman–Crippen MR) is 95.5 cm³/mol. The molecule has 0 aromatic carbocycles. The van der Waals surface area contributed by atoms with Crippen LogP contribution < -0.4 is 10.6 Å². The third-order valence-electron chi connectivity index (χ3n) is 2.89. The van der Waals surface area contributed by atoms with Gasteiger partial charge in [0.1, 0.15) is 16.2 Å². The molecule has 0 unspecified atom stereocenters. The molecule has 1 atom stereocenters. The zero-order valence-electron chi connectivity index (χ0n) is 13.9. The van der Waals surface area contributed by atoms with E-state index in [0.717, 1.165) is 10.2 Å². The van der Waals surface area contributed by atoms with Crippen molar-refractivity contribution in [2.45, 2.75) is 37.9 Å². The van der Waals surface area contributed by atoms with Crippen molar-refractivity contribution < 1.29 is 19.1 Å². The third-order valence-corrected chi connectivity index (χ3v) is 4.69. The summed E-state index contributed by atoms with van der Waals surface area (Å²) >= 11 is 2.70. The van der Waals surface area contributed by atoms with Crippen LogP contribution in [0.25, 0.3) is 10.2 Å². The van der Waals surface area contributed by atoms with E-state index in [4.69, 9.17) is 4.74 Å². The van der Waals surface area contributed by atoms with Gasteiger partial charge >= 0.3 is 12.0 Å². The Bertz CT molecular complexity index is 778. The van der Waals surface area contributed by atoms with Crippen molar-refractivity contribution in [3.05, 3.63) is 17.8 Å². The molecule has 2 heterocycles. The van der Waals surface area contributed by atoms with Gasteiger partial charge < -0.3 is 10.1 Å². The number of urea groups is 1. The molecular formula is C15H18N4O4S2. The summed E-state index contributed by atoms with van der Waals surface area (Å²) in [6.07, 6.45) is 0.369. The van der Waals surface area contributed by atoms with E-state index >= 15 is 0 Å². The third kappa shape index (κ3) is 5.68. The number of carbonyl (C=O) groups is 3. The Balaban J connectivity index is 1.82. The Morgan fingerprint density at radius 1 is 1.28 bits per heavy atom. The van der Waals surface area contributed by atoms with Crippen molar-refractivity contribution >= 4 is 51.2 Å². The highest BCUT2D eigenvalue weighted by Crippen LogP contribution is 2.27. The number of amides is 3. The maximum Gasteiger partial charge on any atom is 0.321 e. The molecule has 2 rings (SSSR count). The number of carbonyl (C=O) groups excluding carboxylic acids is 3. The van der Waals surface area contributed by atoms with Crippen LogP contribution in [0.4, 0.5) is 4.79 Å². The van der Waals surface area contributed by atoms with E-state index in [9.17, 15) is 14.4 Å². The largest absolute Gasteiger partial charge is 0.452 e. The van der Waals surface area contributed by atoms with Gasteiger partial charge in [0.05, 0.1) is 5.75 Å². The molecule has 0 aliphatic rings. The minimum atomic E-state index is -1.07. The van der Waals surface area contributed by atoms with Gasteiger partial charge in [-0.1, -0.05) is 11.8 Å². The fraction of sp³-hybridized carbons (Fsp3) is 0.400. The summed E-state index contributed by atoms with van der Waals surface area (Å²) in [5, 5.41) is 8.09. The zero-order chi connectivity index (χ0) is 18.4. The molecule has 2 aromatic rings. The van der Waals surface area contributed by atoms with Gasteiger partial charge in [-0.05, 0) is 32.2 Å². The van der Waals surface area contributed by atoms with Gasteiger partial charge in [0, 0.05) is 11.4 Å². The highest BCUT2D eigenvalue weighted by atomic mass is 32.2. The lowest BCUT2D eigenvalue weighted by molar-refractivity contribution is -0.151. The Morgan fingerprint density at radius 2 is 2.04 bits per heavy atom. The normalized spacial score (nSPS) is 12.0. The number of nitrogens with zero attached hydrogens (tertiary/aromatic N) is 2. The molecule has 10 heteroatoms. The van der Waals surface area contributed by atoms with Crippen molar-refractivity contribution in [2.75, 3.05) is 5.75 Å². The zero-order valence-corrected chi connectivity index (χ0v) is 15.6. The van der Waals surface area contributed by atoms with E-state index in [-0.39, 0.29) is 11.8 Å². The van der Waals surface area contributed by atoms with E-state index in [1.165, 1.54) is 36.3 Å². The summed E-state index contributed by atoms with van der Waals surface area (Å²) in [4.78, 5) is 44.3. The maximum absolute atomic E-state index is 11.9. The first-order chi connectivity index (χ1) is 11.9. The first-order valence-corrected chi connectivity index (χ1v) is 9.35. The molecule has 0 saturated carbocycles. The Morgan fingerprint density at radius 3 is 2.76 bits per heavy atom. The first kappa shape index (κ1) is 19.1. The summed E-state index contributed by atoms with van der Waals surface area (Å²) in [5.74, 6) is -1.25. The number of thioether (sulfide) groups is 1. The highest BCUT2D eigenvalue weighted by molar-refractivity contribution is 8.00. The van der Waals surface area contributed by atoms with Crippen LogP contribution in [-0.2, 0) is 14.3 Å². The Kier molecular flexibility index (Phi) is 6.71. The molecule has 2 N–H and O–H groups in total. The van der Waals surface area contributed by atoms with Gasteiger partial charge in [-0.2, -0.15) is 0 Å². The maximum atomic E-state index is 11.9. The summed E-state index contributed by atoms with van der Waals surface area (Å²) in [5.41, 5.74) is 0. The van der Waals surface area contributed by atoms with Crippen LogP contribution in [0.2, 0.25) is 0 Å². The number of aromatic nitrogens is 2. The molecule has 0 bridgehead atoms. The summed E-state index contributed by atoms with van der Waals surface area (Å²) in [6.45, 7) is 4.94. The number of imide groups is 1. The summed E-state index contributed by atoms with van der Waals surface area (Å²) < 4.78 is 5.04. The standard InChI is InChI=1S/C15H18N4O4S2/c1-8(2)18-15(22)19-12(21)9(3)23-11(20)6-25-14-10-4-5-24-13(10)16-7-17-14/h4-5,7-9H,6H2,1-3H3,(H2,18,19,21,22)/t9-/m1/s1. The van der Waals surface area contributed by atoms with Gasteiger partial charge in [0.15, 0.2) is 6.10 Å². The van der Waals surface area contributed by atoms with Crippen LogP contribution in [0, 0.1) is 0 Å². The second-order valence-electron chi connectivity index (χ2n) is 5.36. The summed E-state index contributed by atoms with van der Waals surface area (Å²) in [6, 6.07) is 1.15. The van der Waals surface area contributed by atoms with E-state index in [2.05, 4.69) is 20.6 Å². The molecule has 3 amide bonds. The van der Waals surface area contributed by atoms with Crippen LogP contribution in [0.5, 0.6) is 0 Å². The fourth-order valence-electron chi connectivity index (χ4n) is 1.81. The van der Waals surface area contributed by atoms with Crippen molar-refractivity contribution in [3.63, 3.8) is 0 Å². The number of thiophene rings is 1. The van der Waals surface area contributed by atoms with E-state index in [1.54, 1.807) is 13.8 Å². The van der Waals surface area contributed by atoms with Gasteiger partial charge in [-0.15, -0.1) is 11.3 Å². The average molecular weight is 382 g/mol. The average Bonchev–Trinajstić information content (AvgIpc) is 3.00. The van der Waals surface area contributed by atoms with Crippen LogP contribution in [-0.4, -0.2) is 45.8 Å². The molecule has 134 valence electrons. The topological polar surface area (TPSA) is 110 Å². The van der Waals surface area contributed by atoms with E-state index in [0.29, 0.717) is 5.03 Å². The minimum absolute atomic E-state index is 0.00221. The molecule has 2 aromatic heterocycles. The molecule has 8 nitrogen and oxygen atoms in total. The number of nitrogens with one attached hydrogen (secondary N) is 2. The predicted octanol–water partition coefficient (Wildman–Crippen LogP) is 1.95. The van der Waals surface area contributed by atoms with Gasteiger partial charge in [0.2, 0.25) is 0 Å². The number of hydrogen-bond donors (Lipinski definition) is 2. The lowest BCUT2D eigenvalue weighted by atomic mass is 10.3. The first-order valence-electron chi connectivity index (χ1n) is 7.48. The quantitative estimate of drug-likeness (QED) is 0.446. The molecule has 0 radical (unpaired) electrons. The molecule has 0 aliphatic heterocycles. The van der Waals surface area contributed by atoms with Crippen LogP contribution >= 0.6 is 23.1 Å². The molecule has 0 saturated heterocycles. The molecule has 25 heavy (non-hydrogen) atoms. The van der Waals surface area contributed by atoms with Crippen molar-refractivity contribution in [1.29, 1.82) is 0 Å². The number of esters is 1. The second kappa shape index (κ2) is 8.77. The minimum Gasteiger partial charge on any atom is -0.452 e. The smallest absolute Gasteiger partial charge is 0.321 e. The van der Waals surface area contributed by atoms with Crippen molar-refractivity contribution in [3.8, 4) is 0 Å².